The smallest absolute Gasteiger partial charge is 0.336 e. The highest BCUT2D eigenvalue weighted by Crippen LogP contribution is 2.22. The molecule has 0 aliphatic rings. The maximum absolute atomic E-state index is 13.5. The van der Waals surface area contributed by atoms with Crippen LogP contribution in [0.3, 0.4) is 0 Å². The Labute approximate surface area is 209 Å². The van der Waals surface area contributed by atoms with Gasteiger partial charge in [0.15, 0.2) is 0 Å². The van der Waals surface area contributed by atoms with Gasteiger partial charge in [-0.1, -0.05) is 49.2 Å². The van der Waals surface area contributed by atoms with Crippen molar-refractivity contribution in [1.29, 1.82) is 0 Å². The maximum Gasteiger partial charge on any atom is 0.336 e. The van der Waals surface area contributed by atoms with Crippen LogP contribution >= 0.6 is 0 Å². The predicted octanol–water partition coefficient (Wildman–Crippen LogP) is 5.80. The molecule has 0 fully saturated rings. The zero-order valence-electron chi connectivity index (χ0n) is 20.6. The third kappa shape index (κ3) is 4.54. The van der Waals surface area contributed by atoms with Gasteiger partial charge in [0, 0.05) is 24.7 Å². The predicted molar refractivity (Wildman–Crippen MR) is 143 cm³/mol. The summed E-state index contributed by atoms with van der Waals surface area (Å²) in [6.07, 6.45) is 4.75. The molecule has 2 heterocycles. The van der Waals surface area contributed by atoms with Gasteiger partial charge in [0.2, 0.25) is 0 Å². The van der Waals surface area contributed by atoms with E-state index in [0.29, 0.717) is 24.0 Å². The van der Waals surface area contributed by atoms with Crippen molar-refractivity contribution in [1.82, 2.24) is 14.1 Å². The molecule has 1 N–H and O–H groups in total. The maximum atomic E-state index is 13.5. The number of aromatic carboxylic acids is 1. The summed E-state index contributed by atoms with van der Waals surface area (Å²) < 4.78 is 3.87. The molecule has 3 aromatic carbocycles. The Balaban J connectivity index is 1.50. The molecule has 0 aliphatic carbocycles. The number of aromatic nitrogens is 3. The second-order valence-electron chi connectivity index (χ2n) is 9.34. The molecule has 0 saturated heterocycles. The number of aryl methyl sites for hydroxylation is 2. The van der Waals surface area contributed by atoms with E-state index in [4.69, 9.17) is 4.98 Å². The number of carboxylic acid groups (broad SMARTS) is 1. The molecule has 2 aromatic heterocycles. The fourth-order valence-electron chi connectivity index (χ4n) is 4.79. The summed E-state index contributed by atoms with van der Waals surface area (Å²) in [7, 11) is 0. The Bertz CT molecular complexity index is 1650. The van der Waals surface area contributed by atoms with Crippen LogP contribution in [-0.4, -0.2) is 25.2 Å². The number of carbonyl (C=O) groups is 1. The van der Waals surface area contributed by atoms with Crippen LogP contribution in [0.4, 0.5) is 0 Å². The van der Waals surface area contributed by atoms with Gasteiger partial charge in [-0.15, -0.1) is 0 Å². The van der Waals surface area contributed by atoms with E-state index >= 15 is 0 Å². The number of hydrogen-bond acceptors (Lipinski definition) is 3. The van der Waals surface area contributed by atoms with Crippen molar-refractivity contribution in [2.75, 3.05) is 0 Å². The van der Waals surface area contributed by atoms with Crippen molar-refractivity contribution < 1.29 is 9.90 Å². The van der Waals surface area contributed by atoms with Gasteiger partial charge in [-0.2, -0.15) is 0 Å². The highest BCUT2D eigenvalue weighted by Gasteiger charge is 2.14. The van der Waals surface area contributed by atoms with E-state index in [1.165, 1.54) is 0 Å². The van der Waals surface area contributed by atoms with Crippen LogP contribution in [-0.2, 0) is 19.5 Å². The second kappa shape index (κ2) is 9.82. The first kappa shape index (κ1) is 23.5. The summed E-state index contributed by atoms with van der Waals surface area (Å²) in [5.74, 6) is -0.103. The van der Waals surface area contributed by atoms with Gasteiger partial charge in [0.25, 0.3) is 5.56 Å². The summed E-state index contributed by atoms with van der Waals surface area (Å²) in [4.78, 5) is 30.0. The lowest BCUT2D eigenvalue weighted by atomic mass is 10.1. The van der Waals surface area contributed by atoms with Crippen LogP contribution in [0.25, 0.3) is 21.8 Å². The van der Waals surface area contributed by atoms with Gasteiger partial charge in [-0.25, -0.2) is 9.78 Å². The minimum absolute atomic E-state index is 0.00209. The van der Waals surface area contributed by atoms with Gasteiger partial charge < -0.3 is 9.67 Å². The fourth-order valence-corrected chi connectivity index (χ4v) is 4.79. The van der Waals surface area contributed by atoms with Crippen molar-refractivity contribution in [3.63, 3.8) is 0 Å². The molecule has 0 aliphatic heterocycles. The molecule has 5 aromatic rings. The largest absolute Gasteiger partial charge is 0.478 e. The molecule has 0 amide bonds. The molecule has 0 saturated carbocycles. The standard InChI is InChI=1S/C30H29N3O3/c1-3-4-9-28-31-26-12-10-20(2)16-25(26)29(34)33(28)18-21-11-13-27-22(17-21)14-15-32(27)19-23-7-5-6-8-24(23)30(35)36/h5-8,10-17H,3-4,9,18-19H2,1-2H3,(H,35,36). The summed E-state index contributed by atoms with van der Waals surface area (Å²) in [5.41, 5.74) is 4.91. The minimum Gasteiger partial charge on any atom is -0.478 e. The first-order valence-corrected chi connectivity index (χ1v) is 12.3. The number of hydrogen-bond donors (Lipinski definition) is 1. The quantitative estimate of drug-likeness (QED) is 0.305. The highest BCUT2D eigenvalue weighted by molar-refractivity contribution is 5.89. The third-order valence-electron chi connectivity index (χ3n) is 6.71. The highest BCUT2D eigenvalue weighted by atomic mass is 16.4. The number of nitrogens with zero attached hydrogens (tertiary/aromatic N) is 3. The Hall–Kier alpha value is -4.19. The monoisotopic (exact) mass is 479 g/mol. The van der Waals surface area contributed by atoms with Gasteiger partial charge in [0.1, 0.15) is 5.82 Å². The van der Waals surface area contributed by atoms with E-state index in [-0.39, 0.29) is 5.56 Å². The summed E-state index contributed by atoms with van der Waals surface area (Å²) in [6.45, 7) is 5.06. The molecule has 182 valence electrons. The molecule has 6 heteroatoms. The molecular weight excluding hydrogens is 450 g/mol. The van der Waals surface area contributed by atoms with Crippen molar-refractivity contribution in [3.8, 4) is 0 Å². The molecule has 0 atom stereocenters. The second-order valence-corrected chi connectivity index (χ2v) is 9.34. The normalized spacial score (nSPS) is 11.4. The van der Waals surface area contributed by atoms with Gasteiger partial charge >= 0.3 is 5.97 Å². The molecule has 0 bridgehead atoms. The molecule has 0 radical (unpaired) electrons. The molecule has 0 unspecified atom stereocenters. The lowest BCUT2D eigenvalue weighted by Gasteiger charge is -2.14. The van der Waals surface area contributed by atoms with Crippen LogP contribution < -0.4 is 5.56 Å². The van der Waals surface area contributed by atoms with Crippen molar-refractivity contribution in [3.05, 3.63) is 111 Å². The summed E-state index contributed by atoms with van der Waals surface area (Å²) in [5, 5.41) is 11.2. The molecule has 5 rings (SSSR count). The van der Waals surface area contributed by atoms with E-state index in [0.717, 1.165) is 58.2 Å². The number of unbranched alkanes of at least 4 members (excludes halogenated alkanes) is 1. The number of carboxylic acids is 1. The Morgan fingerprint density at radius 1 is 1.00 bits per heavy atom. The number of benzene rings is 3. The van der Waals surface area contributed by atoms with Crippen molar-refractivity contribution >= 4 is 27.8 Å². The first-order chi connectivity index (χ1) is 17.4. The van der Waals surface area contributed by atoms with E-state index in [1.54, 1.807) is 12.1 Å². The molecule has 36 heavy (non-hydrogen) atoms. The Kier molecular flexibility index (Phi) is 6.42. The number of rotatable bonds is 8. The first-order valence-electron chi connectivity index (χ1n) is 12.3. The van der Waals surface area contributed by atoms with Crippen LogP contribution in [0.1, 0.15) is 52.6 Å². The molecule has 0 spiro atoms. The fraction of sp³-hybridized carbons (Fsp3) is 0.233. The molecule has 6 nitrogen and oxygen atoms in total. The van der Waals surface area contributed by atoms with Crippen molar-refractivity contribution in [2.24, 2.45) is 0 Å². The van der Waals surface area contributed by atoms with E-state index < -0.39 is 5.97 Å². The van der Waals surface area contributed by atoms with Crippen LogP contribution in [0.15, 0.2) is 77.7 Å². The zero-order valence-corrected chi connectivity index (χ0v) is 20.6. The SMILES string of the molecule is CCCCc1nc2ccc(C)cc2c(=O)n1Cc1ccc2c(ccn2Cc2ccccc2C(=O)O)c1. The average molecular weight is 480 g/mol. The Morgan fingerprint density at radius 3 is 2.64 bits per heavy atom. The van der Waals surface area contributed by atoms with Crippen LogP contribution in [0.2, 0.25) is 0 Å². The topological polar surface area (TPSA) is 77.1 Å². The summed E-state index contributed by atoms with van der Waals surface area (Å²) >= 11 is 0. The van der Waals surface area contributed by atoms with E-state index in [2.05, 4.69) is 17.6 Å². The van der Waals surface area contributed by atoms with E-state index in [9.17, 15) is 14.7 Å². The van der Waals surface area contributed by atoms with Gasteiger partial charge in [-0.3, -0.25) is 9.36 Å². The Morgan fingerprint density at radius 2 is 1.83 bits per heavy atom. The van der Waals surface area contributed by atoms with Crippen molar-refractivity contribution in [2.45, 2.75) is 46.2 Å². The molecular formula is C30H29N3O3. The van der Waals surface area contributed by atoms with Crippen LogP contribution in [0, 0.1) is 6.92 Å². The lowest BCUT2D eigenvalue weighted by Crippen LogP contribution is -2.26. The van der Waals surface area contributed by atoms with E-state index in [1.807, 2.05) is 66.2 Å². The average Bonchev–Trinajstić information content (AvgIpc) is 3.27. The minimum atomic E-state index is -0.923. The third-order valence-corrected chi connectivity index (χ3v) is 6.71. The lowest BCUT2D eigenvalue weighted by molar-refractivity contribution is 0.0695. The van der Waals surface area contributed by atoms with Gasteiger partial charge in [0.05, 0.1) is 23.0 Å². The zero-order chi connectivity index (χ0) is 25.2. The summed E-state index contributed by atoms with van der Waals surface area (Å²) in [6, 6.07) is 21.2. The van der Waals surface area contributed by atoms with Gasteiger partial charge in [-0.05, 0) is 66.3 Å². The number of fused-ring (bicyclic) bond motifs is 2. The van der Waals surface area contributed by atoms with Crippen LogP contribution in [0.5, 0.6) is 0 Å².